The van der Waals surface area contributed by atoms with E-state index in [0.29, 0.717) is 11.8 Å². The Balaban J connectivity index is 2.05. The highest BCUT2D eigenvalue weighted by molar-refractivity contribution is 6.37. The predicted molar refractivity (Wildman–Crippen MR) is 55.3 cm³/mol. The Bertz CT molecular complexity index is 225. The van der Waals surface area contributed by atoms with Crippen LogP contribution in [-0.2, 0) is 9.53 Å². The highest BCUT2D eigenvalue weighted by Crippen LogP contribution is 2.61. The van der Waals surface area contributed by atoms with E-state index < -0.39 is 4.87 Å². The maximum atomic E-state index is 11.5. The molecule has 0 aromatic carbocycles. The second kappa shape index (κ2) is 3.73. The van der Waals surface area contributed by atoms with Crippen LogP contribution in [0.2, 0.25) is 0 Å². The van der Waals surface area contributed by atoms with Gasteiger partial charge in [0.2, 0.25) is 0 Å². The fraction of sp³-hybridized carbons (Fsp3) is 0.909. The molecular formula is C11H17ClO2. The van der Waals surface area contributed by atoms with Gasteiger partial charge >= 0.3 is 5.97 Å². The molecule has 0 spiro atoms. The molecule has 14 heavy (non-hydrogen) atoms. The molecule has 0 aromatic rings. The SMILES string of the molecule is COC(=O)C1(Cl)C2CCCCCCC21. The second-order valence-corrected chi connectivity index (χ2v) is 5.09. The van der Waals surface area contributed by atoms with E-state index in [2.05, 4.69) is 0 Å². The molecule has 0 N–H and O–H groups in total. The molecule has 0 aliphatic heterocycles. The van der Waals surface area contributed by atoms with Crippen LogP contribution in [0.4, 0.5) is 0 Å². The number of fused-ring (bicyclic) bond motifs is 1. The Morgan fingerprint density at radius 2 is 1.71 bits per heavy atom. The maximum Gasteiger partial charge on any atom is 0.327 e. The molecule has 3 heteroatoms. The van der Waals surface area contributed by atoms with E-state index in [9.17, 15) is 4.79 Å². The molecule has 2 unspecified atom stereocenters. The predicted octanol–water partition coefficient (Wildman–Crippen LogP) is 2.74. The average Bonchev–Trinajstić information content (AvgIpc) is 2.68. The van der Waals surface area contributed by atoms with Crippen LogP contribution in [0.1, 0.15) is 38.5 Å². The molecule has 0 heterocycles. The van der Waals surface area contributed by atoms with E-state index in [1.165, 1.54) is 32.8 Å². The number of methoxy groups -OCH3 is 1. The molecule has 80 valence electrons. The minimum Gasteiger partial charge on any atom is -0.468 e. The van der Waals surface area contributed by atoms with Gasteiger partial charge in [-0.15, -0.1) is 11.6 Å². The monoisotopic (exact) mass is 216 g/mol. The van der Waals surface area contributed by atoms with E-state index in [1.807, 2.05) is 0 Å². The van der Waals surface area contributed by atoms with E-state index in [0.717, 1.165) is 12.8 Å². The first-order valence-corrected chi connectivity index (χ1v) is 5.86. The van der Waals surface area contributed by atoms with Gasteiger partial charge in [0.25, 0.3) is 0 Å². The van der Waals surface area contributed by atoms with E-state index in [1.54, 1.807) is 0 Å². The van der Waals surface area contributed by atoms with Crippen molar-refractivity contribution in [3.63, 3.8) is 0 Å². The molecular weight excluding hydrogens is 200 g/mol. The number of hydrogen-bond acceptors (Lipinski definition) is 2. The van der Waals surface area contributed by atoms with Gasteiger partial charge in [0, 0.05) is 0 Å². The van der Waals surface area contributed by atoms with Crippen molar-refractivity contribution in [3.05, 3.63) is 0 Å². The molecule has 0 bridgehead atoms. The van der Waals surface area contributed by atoms with Crippen LogP contribution in [0, 0.1) is 11.8 Å². The summed E-state index contributed by atoms with van der Waals surface area (Å²) < 4.78 is 4.78. The van der Waals surface area contributed by atoms with E-state index in [-0.39, 0.29) is 5.97 Å². The van der Waals surface area contributed by atoms with Crippen LogP contribution in [0.3, 0.4) is 0 Å². The van der Waals surface area contributed by atoms with Gasteiger partial charge in [-0.05, 0) is 24.7 Å². The number of hydrogen-bond donors (Lipinski definition) is 0. The first kappa shape index (κ1) is 10.3. The Morgan fingerprint density at radius 1 is 1.21 bits per heavy atom. The summed E-state index contributed by atoms with van der Waals surface area (Å²) in [6.07, 6.45) is 7.21. The lowest BCUT2D eigenvalue weighted by atomic mass is 10.0. The largest absolute Gasteiger partial charge is 0.468 e. The minimum atomic E-state index is -0.654. The molecule has 0 saturated heterocycles. The van der Waals surface area contributed by atoms with Crippen LogP contribution in [-0.4, -0.2) is 18.0 Å². The Morgan fingerprint density at radius 3 is 2.14 bits per heavy atom. The molecule has 2 rings (SSSR count). The lowest BCUT2D eigenvalue weighted by Crippen LogP contribution is -2.21. The van der Waals surface area contributed by atoms with Crippen LogP contribution < -0.4 is 0 Å². The van der Waals surface area contributed by atoms with Crippen LogP contribution in [0.5, 0.6) is 0 Å². The van der Waals surface area contributed by atoms with Gasteiger partial charge in [-0.1, -0.05) is 25.7 Å². The Kier molecular flexibility index (Phi) is 2.74. The average molecular weight is 217 g/mol. The molecule has 2 saturated carbocycles. The van der Waals surface area contributed by atoms with Gasteiger partial charge in [-0.25, -0.2) is 0 Å². The van der Waals surface area contributed by atoms with Gasteiger partial charge < -0.3 is 4.74 Å². The molecule has 0 amide bonds. The summed E-state index contributed by atoms with van der Waals surface area (Å²) in [5.74, 6) is 0.560. The summed E-state index contributed by atoms with van der Waals surface area (Å²) in [5.41, 5.74) is 0. The number of carbonyl (C=O) groups excluding carboxylic acids is 1. The zero-order valence-electron chi connectivity index (χ0n) is 8.59. The molecule has 0 aromatic heterocycles. The van der Waals surface area contributed by atoms with Crippen molar-refractivity contribution in [2.75, 3.05) is 7.11 Å². The second-order valence-electron chi connectivity index (χ2n) is 4.46. The van der Waals surface area contributed by atoms with Crippen LogP contribution >= 0.6 is 11.6 Å². The molecule has 2 fully saturated rings. The normalized spacial score (nSPS) is 41.9. The first-order valence-electron chi connectivity index (χ1n) is 5.48. The number of alkyl halides is 1. The first-order chi connectivity index (χ1) is 6.71. The van der Waals surface area contributed by atoms with Crippen molar-refractivity contribution in [1.82, 2.24) is 0 Å². The molecule has 2 nitrogen and oxygen atoms in total. The summed E-state index contributed by atoms with van der Waals surface area (Å²) in [7, 11) is 1.43. The van der Waals surface area contributed by atoms with Crippen LogP contribution in [0.25, 0.3) is 0 Å². The molecule has 2 aliphatic carbocycles. The molecule has 2 aliphatic rings. The quantitative estimate of drug-likeness (QED) is 0.498. The fourth-order valence-electron chi connectivity index (χ4n) is 2.86. The summed E-state index contributed by atoms with van der Waals surface area (Å²) in [4.78, 5) is 10.9. The third kappa shape index (κ3) is 1.44. The van der Waals surface area contributed by atoms with Crippen molar-refractivity contribution in [2.24, 2.45) is 11.8 Å². The van der Waals surface area contributed by atoms with Gasteiger partial charge in [-0.3, -0.25) is 4.79 Å². The Hall–Kier alpha value is -0.240. The number of halogens is 1. The zero-order valence-corrected chi connectivity index (χ0v) is 9.35. The highest BCUT2D eigenvalue weighted by Gasteiger charge is 2.68. The van der Waals surface area contributed by atoms with Crippen molar-refractivity contribution in [3.8, 4) is 0 Å². The van der Waals surface area contributed by atoms with Gasteiger partial charge in [-0.2, -0.15) is 0 Å². The lowest BCUT2D eigenvalue weighted by molar-refractivity contribution is -0.141. The van der Waals surface area contributed by atoms with Gasteiger partial charge in [0.05, 0.1) is 7.11 Å². The minimum absolute atomic E-state index is 0.212. The topological polar surface area (TPSA) is 26.3 Å². The van der Waals surface area contributed by atoms with Crippen molar-refractivity contribution in [2.45, 2.75) is 43.4 Å². The molecule has 2 atom stereocenters. The molecule has 0 radical (unpaired) electrons. The van der Waals surface area contributed by atoms with E-state index >= 15 is 0 Å². The summed E-state index contributed by atoms with van der Waals surface area (Å²) in [6, 6.07) is 0. The van der Waals surface area contributed by atoms with E-state index in [4.69, 9.17) is 16.3 Å². The van der Waals surface area contributed by atoms with Gasteiger partial charge in [0.1, 0.15) is 4.87 Å². The van der Waals surface area contributed by atoms with Crippen molar-refractivity contribution < 1.29 is 9.53 Å². The number of rotatable bonds is 1. The summed E-state index contributed by atoms with van der Waals surface area (Å²) >= 11 is 6.34. The zero-order chi connectivity index (χ0) is 10.2. The third-order valence-electron chi connectivity index (χ3n) is 3.73. The van der Waals surface area contributed by atoms with Gasteiger partial charge in [0.15, 0.2) is 0 Å². The summed E-state index contributed by atoms with van der Waals surface area (Å²) in [6.45, 7) is 0. The number of ether oxygens (including phenoxy) is 1. The Labute approximate surface area is 90.0 Å². The number of carbonyl (C=O) groups is 1. The van der Waals surface area contributed by atoms with Crippen LogP contribution in [0.15, 0.2) is 0 Å². The smallest absolute Gasteiger partial charge is 0.327 e. The highest BCUT2D eigenvalue weighted by atomic mass is 35.5. The lowest BCUT2D eigenvalue weighted by Gasteiger charge is -2.05. The standard InChI is InChI=1S/C11H17ClO2/c1-14-10(13)11(12)8-6-4-2-3-5-7-9(8)11/h8-9H,2-7H2,1H3. The number of esters is 1. The van der Waals surface area contributed by atoms with Crippen molar-refractivity contribution >= 4 is 17.6 Å². The summed E-state index contributed by atoms with van der Waals surface area (Å²) in [5, 5.41) is 0. The maximum absolute atomic E-state index is 11.5. The fourth-order valence-corrected chi connectivity index (χ4v) is 3.40. The third-order valence-corrected chi connectivity index (χ3v) is 4.45. The van der Waals surface area contributed by atoms with Crippen molar-refractivity contribution in [1.29, 1.82) is 0 Å².